The van der Waals surface area contributed by atoms with Crippen LogP contribution in [0, 0.1) is 5.92 Å². The second-order valence-electron chi connectivity index (χ2n) is 4.96. The Labute approximate surface area is 96.9 Å². The maximum absolute atomic E-state index is 11.8. The molecular formula is C12H22N2O2. The molecule has 2 fully saturated rings. The number of carbonyl (C=O) groups excluding carboxylic acids is 1. The summed E-state index contributed by atoms with van der Waals surface area (Å²) in [6.07, 6.45) is 6.72. The summed E-state index contributed by atoms with van der Waals surface area (Å²) in [6, 6.07) is 0. The molecule has 0 aromatic carbocycles. The highest BCUT2D eigenvalue weighted by Gasteiger charge is 2.30. The van der Waals surface area contributed by atoms with E-state index in [0.29, 0.717) is 12.5 Å². The van der Waals surface area contributed by atoms with Gasteiger partial charge in [-0.15, -0.1) is 0 Å². The highest BCUT2D eigenvalue weighted by molar-refractivity contribution is 5.81. The lowest BCUT2D eigenvalue weighted by atomic mass is 10.1. The molecule has 0 aromatic heterocycles. The zero-order valence-corrected chi connectivity index (χ0v) is 9.78. The van der Waals surface area contributed by atoms with Gasteiger partial charge < -0.3 is 15.8 Å². The van der Waals surface area contributed by atoms with Crippen molar-refractivity contribution in [2.75, 3.05) is 13.1 Å². The van der Waals surface area contributed by atoms with Gasteiger partial charge in [-0.1, -0.05) is 12.8 Å². The summed E-state index contributed by atoms with van der Waals surface area (Å²) in [6.45, 7) is 1.35. The van der Waals surface area contributed by atoms with Gasteiger partial charge in [-0.3, -0.25) is 4.79 Å². The minimum absolute atomic E-state index is 0.0582. The molecule has 1 heterocycles. The first-order valence-corrected chi connectivity index (χ1v) is 6.43. The van der Waals surface area contributed by atoms with Gasteiger partial charge in [0.05, 0.1) is 6.10 Å². The van der Waals surface area contributed by atoms with Gasteiger partial charge in [0.1, 0.15) is 6.10 Å². The summed E-state index contributed by atoms with van der Waals surface area (Å²) in [5.41, 5.74) is 5.51. The van der Waals surface area contributed by atoms with Crippen molar-refractivity contribution in [1.82, 2.24) is 5.32 Å². The second-order valence-corrected chi connectivity index (χ2v) is 4.96. The van der Waals surface area contributed by atoms with E-state index in [1.807, 2.05) is 0 Å². The van der Waals surface area contributed by atoms with Crippen molar-refractivity contribution in [3.63, 3.8) is 0 Å². The molecule has 4 heteroatoms. The highest BCUT2D eigenvalue weighted by atomic mass is 16.5. The Bertz CT molecular complexity index is 239. The molecule has 2 atom stereocenters. The molecule has 2 rings (SSSR count). The van der Waals surface area contributed by atoms with Gasteiger partial charge in [0.25, 0.3) is 0 Å². The number of hydrogen-bond donors (Lipinski definition) is 2. The van der Waals surface area contributed by atoms with E-state index in [1.165, 1.54) is 25.7 Å². The fourth-order valence-corrected chi connectivity index (χ4v) is 2.65. The largest absolute Gasteiger partial charge is 0.364 e. The highest BCUT2D eigenvalue weighted by Crippen LogP contribution is 2.24. The second kappa shape index (κ2) is 5.64. The van der Waals surface area contributed by atoms with E-state index in [0.717, 1.165) is 19.4 Å². The van der Waals surface area contributed by atoms with Crippen molar-refractivity contribution < 1.29 is 9.53 Å². The quantitative estimate of drug-likeness (QED) is 0.745. The molecule has 1 amide bonds. The van der Waals surface area contributed by atoms with Crippen molar-refractivity contribution in [2.24, 2.45) is 11.7 Å². The van der Waals surface area contributed by atoms with E-state index in [1.54, 1.807) is 0 Å². The van der Waals surface area contributed by atoms with Crippen molar-refractivity contribution in [3.8, 4) is 0 Å². The first kappa shape index (κ1) is 11.9. The van der Waals surface area contributed by atoms with Gasteiger partial charge in [-0.05, 0) is 31.6 Å². The molecule has 1 aliphatic carbocycles. The molecule has 1 saturated heterocycles. The van der Waals surface area contributed by atoms with Gasteiger partial charge in [-0.2, -0.15) is 0 Å². The Balaban J connectivity index is 1.67. The number of nitrogens with two attached hydrogens (primary N) is 1. The SMILES string of the molecule is NCC1CCC(C(=O)NCC2CCCC2)O1. The first-order chi connectivity index (χ1) is 7.79. The van der Waals surface area contributed by atoms with E-state index in [9.17, 15) is 4.79 Å². The van der Waals surface area contributed by atoms with Crippen LogP contribution in [0.2, 0.25) is 0 Å². The Morgan fingerprint density at radius 1 is 1.25 bits per heavy atom. The Hall–Kier alpha value is -0.610. The lowest BCUT2D eigenvalue weighted by molar-refractivity contribution is -0.132. The Morgan fingerprint density at radius 2 is 2.00 bits per heavy atom. The van der Waals surface area contributed by atoms with Crippen molar-refractivity contribution in [1.29, 1.82) is 0 Å². The van der Waals surface area contributed by atoms with Gasteiger partial charge in [0.15, 0.2) is 0 Å². The number of hydrogen-bond acceptors (Lipinski definition) is 3. The molecule has 2 unspecified atom stereocenters. The predicted octanol–water partition coefficient (Wildman–Crippen LogP) is 0.799. The Kier molecular flexibility index (Phi) is 4.18. The van der Waals surface area contributed by atoms with Crippen LogP contribution in [-0.4, -0.2) is 31.2 Å². The summed E-state index contributed by atoms with van der Waals surface area (Å²) in [5, 5.41) is 3.01. The van der Waals surface area contributed by atoms with Crippen LogP contribution in [0.4, 0.5) is 0 Å². The molecule has 0 radical (unpaired) electrons. The van der Waals surface area contributed by atoms with Crippen LogP contribution >= 0.6 is 0 Å². The van der Waals surface area contributed by atoms with Crippen LogP contribution in [0.15, 0.2) is 0 Å². The summed E-state index contributed by atoms with van der Waals surface area (Å²) < 4.78 is 5.55. The topological polar surface area (TPSA) is 64.4 Å². The third-order valence-electron chi connectivity index (χ3n) is 3.70. The monoisotopic (exact) mass is 226 g/mol. The van der Waals surface area contributed by atoms with Gasteiger partial charge >= 0.3 is 0 Å². The summed E-state index contributed by atoms with van der Waals surface area (Å²) in [4.78, 5) is 11.8. The smallest absolute Gasteiger partial charge is 0.249 e. The number of nitrogens with one attached hydrogen (secondary N) is 1. The van der Waals surface area contributed by atoms with Crippen LogP contribution < -0.4 is 11.1 Å². The number of ether oxygens (including phenoxy) is 1. The molecule has 1 aliphatic heterocycles. The molecule has 92 valence electrons. The minimum Gasteiger partial charge on any atom is -0.364 e. The fourth-order valence-electron chi connectivity index (χ4n) is 2.65. The van der Waals surface area contributed by atoms with Crippen LogP contribution in [0.1, 0.15) is 38.5 Å². The summed E-state index contributed by atoms with van der Waals surface area (Å²) >= 11 is 0. The van der Waals surface area contributed by atoms with Crippen LogP contribution in [-0.2, 0) is 9.53 Å². The van der Waals surface area contributed by atoms with E-state index in [2.05, 4.69) is 5.32 Å². The van der Waals surface area contributed by atoms with E-state index in [4.69, 9.17) is 10.5 Å². The lowest BCUT2D eigenvalue weighted by Crippen LogP contribution is -2.37. The van der Waals surface area contributed by atoms with Gasteiger partial charge in [0, 0.05) is 13.1 Å². The molecule has 0 spiro atoms. The van der Waals surface area contributed by atoms with Crippen molar-refractivity contribution >= 4 is 5.91 Å². The number of amides is 1. The molecule has 1 saturated carbocycles. The van der Waals surface area contributed by atoms with Crippen LogP contribution in [0.5, 0.6) is 0 Å². The third-order valence-corrected chi connectivity index (χ3v) is 3.70. The average Bonchev–Trinajstić information content (AvgIpc) is 2.96. The van der Waals surface area contributed by atoms with E-state index in [-0.39, 0.29) is 18.1 Å². The van der Waals surface area contributed by atoms with Crippen molar-refractivity contribution in [2.45, 2.75) is 50.7 Å². The Morgan fingerprint density at radius 3 is 2.62 bits per heavy atom. The lowest BCUT2D eigenvalue weighted by Gasteiger charge is -2.15. The van der Waals surface area contributed by atoms with E-state index >= 15 is 0 Å². The average molecular weight is 226 g/mol. The predicted molar refractivity (Wildman–Crippen MR) is 61.9 cm³/mol. The van der Waals surface area contributed by atoms with Gasteiger partial charge in [-0.25, -0.2) is 0 Å². The van der Waals surface area contributed by atoms with Crippen LogP contribution in [0.25, 0.3) is 0 Å². The summed E-state index contributed by atoms with van der Waals surface area (Å²) in [5.74, 6) is 0.749. The third kappa shape index (κ3) is 2.95. The molecular weight excluding hydrogens is 204 g/mol. The van der Waals surface area contributed by atoms with Crippen molar-refractivity contribution in [3.05, 3.63) is 0 Å². The molecule has 3 N–H and O–H groups in total. The fraction of sp³-hybridized carbons (Fsp3) is 0.917. The molecule has 0 bridgehead atoms. The molecule has 16 heavy (non-hydrogen) atoms. The standard InChI is InChI=1S/C12H22N2O2/c13-7-10-5-6-11(16-10)12(15)14-8-9-3-1-2-4-9/h9-11H,1-8,13H2,(H,14,15). The van der Waals surface area contributed by atoms with Crippen LogP contribution in [0.3, 0.4) is 0 Å². The zero-order valence-electron chi connectivity index (χ0n) is 9.78. The van der Waals surface area contributed by atoms with Gasteiger partial charge in [0.2, 0.25) is 5.91 Å². The number of rotatable bonds is 4. The molecule has 2 aliphatic rings. The summed E-state index contributed by atoms with van der Waals surface area (Å²) in [7, 11) is 0. The minimum atomic E-state index is -0.255. The first-order valence-electron chi connectivity index (χ1n) is 6.43. The maximum atomic E-state index is 11.8. The zero-order chi connectivity index (χ0) is 11.4. The molecule has 4 nitrogen and oxygen atoms in total. The molecule has 0 aromatic rings. The maximum Gasteiger partial charge on any atom is 0.249 e. The number of carbonyl (C=O) groups is 1. The van der Waals surface area contributed by atoms with E-state index < -0.39 is 0 Å². The normalized spacial score (nSPS) is 30.8.